The zero-order valence-corrected chi connectivity index (χ0v) is 14.0. The van der Waals surface area contributed by atoms with E-state index in [4.69, 9.17) is 4.42 Å². The molecule has 0 aliphatic rings. The Bertz CT molecular complexity index is 711. The largest absolute Gasteiger partial charge is 0.463 e. The summed E-state index contributed by atoms with van der Waals surface area (Å²) in [7, 11) is 0. The van der Waals surface area contributed by atoms with E-state index in [0.717, 1.165) is 5.56 Å². The van der Waals surface area contributed by atoms with Crippen molar-refractivity contribution in [3.8, 4) is 0 Å². The Kier molecular flexibility index (Phi) is 5.52. The molecule has 126 valence electrons. The van der Waals surface area contributed by atoms with Crippen LogP contribution in [-0.4, -0.2) is 24.6 Å². The van der Waals surface area contributed by atoms with Gasteiger partial charge < -0.3 is 9.73 Å². The molecule has 0 unspecified atom stereocenters. The molecule has 0 saturated carbocycles. The van der Waals surface area contributed by atoms with E-state index in [0.29, 0.717) is 11.3 Å². The monoisotopic (exact) mass is 327 g/mol. The van der Waals surface area contributed by atoms with Gasteiger partial charge >= 0.3 is 0 Å². The van der Waals surface area contributed by atoms with Crippen molar-refractivity contribution in [3.05, 3.63) is 59.5 Å². The van der Waals surface area contributed by atoms with Gasteiger partial charge in [0, 0.05) is 5.56 Å². The zero-order chi connectivity index (χ0) is 17.6. The van der Waals surface area contributed by atoms with Crippen LogP contribution in [0.5, 0.6) is 0 Å². The lowest BCUT2D eigenvalue weighted by molar-refractivity contribution is -0.120. The highest BCUT2D eigenvalue weighted by Gasteiger charge is 2.14. The summed E-state index contributed by atoms with van der Waals surface area (Å²) in [6.45, 7) is 6.16. The minimum absolute atomic E-state index is 0.0287. The number of carbonyl (C=O) groups is 2. The van der Waals surface area contributed by atoms with Gasteiger partial charge in [0.2, 0.25) is 0 Å². The SMILES string of the molecule is CC(C)(C)c1ccc(C(=O)NCC(=O)N/N=C\c2ccco2)cc1. The van der Waals surface area contributed by atoms with E-state index in [1.165, 1.54) is 12.5 Å². The van der Waals surface area contributed by atoms with Gasteiger partial charge in [-0.1, -0.05) is 32.9 Å². The molecule has 2 amide bonds. The van der Waals surface area contributed by atoms with E-state index >= 15 is 0 Å². The lowest BCUT2D eigenvalue weighted by atomic mass is 9.87. The number of furan rings is 1. The summed E-state index contributed by atoms with van der Waals surface area (Å²) in [5.74, 6) is -0.198. The molecule has 0 aliphatic carbocycles. The van der Waals surface area contributed by atoms with Gasteiger partial charge in [0.15, 0.2) is 0 Å². The number of hydrazone groups is 1. The van der Waals surface area contributed by atoms with Crippen LogP contribution in [0.1, 0.15) is 42.5 Å². The summed E-state index contributed by atoms with van der Waals surface area (Å²) < 4.78 is 5.03. The quantitative estimate of drug-likeness (QED) is 0.653. The molecule has 0 saturated heterocycles. The van der Waals surface area contributed by atoms with E-state index in [9.17, 15) is 9.59 Å². The highest BCUT2D eigenvalue weighted by Crippen LogP contribution is 2.22. The Morgan fingerprint density at radius 3 is 2.46 bits per heavy atom. The first-order chi connectivity index (χ1) is 11.4. The Morgan fingerprint density at radius 2 is 1.88 bits per heavy atom. The van der Waals surface area contributed by atoms with Gasteiger partial charge in [0.1, 0.15) is 5.76 Å². The molecule has 6 nitrogen and oxygen atoms in total. The highest BCUT2D eigenvalue weighted by molar-refractivity contribution is 5.96. The van der Waals surface area contributed by atoms with E-state index in [2.05, 4.69) is 36.6 Å². The molecule has 2 N–H and O–H groups in total. The molecule has 1 aromatic carbocycles. The van der Waals surface area contributed by atoms with Gasteiger partial charge in [-0.3, -0.25) is 9.59 Å². The summed E-state index contributed by atoms with van der Waals surface area (Å²) in [4.78, 5) is 23.6. The molecular weight excluding hydrogens is 306 g/mol. The summed E-state index contributed by atoms with van der Waals surface area (Å²) in [5.41, 5.74) is 3.99. The second-order valence-corrected chi connectivity index (χ2v) is 6.32. The first kappa shape index (κ1) is 17.5. The number of rotatable bonds is 5. The molecule has 0 spiro atoms. The third-order valence-electron chi connectivity index (χ3n) is 3.35. The fraction of sp³-hybridized carbons (Fsp3) is 0.278. The number of nitrogens with zero attached hydrogens (tertiary/aromatic N) is 1. The molecule has 0 fully saturated rings. The van der Waals surface area contributed by atoms with Crippen LogP contribution in [0.15, 0.2) is 52.2 Å². The van der Waals surface area contributed by atoms with Gasteiger partial charge in [0.25, 0.3) is 11.8 Å². The minimum atomic E-state index is -0.419. The Morgan fingerprint density at radius 1 is 1.17 bits per heavy atom. The van der Waals surface area contributed by atoms with Crippen LogP contribution in [0.4, 0.5) is 0 Å². The fourth-order valence-corrected chi connectivity index (χ4v) is 1.96. The summed E-state index contributed by atoms with van der Waals surface area (Å²) in [5, 5.41) is 6.29. The maximum Gasteiger partial charge on any atom is 0.259 e. The number of nitrogens with one attached hydrogen (secondary N) is 2. The second kappa shape index (κ2) is 7.59. The van der Waals surface area contributed by atoms with E-state index < -0.39 is 5.91 Å². The lowest BCUT2D eigenvalue weighted by Gasteiger charge is -2.19. The molecule has 24 heavy (non-hydrogen) atoms. The normalized spacial score (nSPS) is 11.5. The van der Waals surface area contributed by atoms with Gasteiger partial charge in [-0.15, -0.1) is 0 Å². The van der Waals surface area contributed by atoms with Crippen LogP contribution in [0.2, 0.25) is 0 Å². The first-order valence-electron chi connectivity index (χ1n) is 7.60. The standard InChI is InChI=1S/C18H21N3O3/c1-18(2,3)14-8-6-13(7-9-14)17(23)19-12-16(22)21-20-11-15-5-4-10-24-15/h4-11H,12H2,1-3H3,(H,19,23)(H,21,22)/b20-11-. The highest BCUT2D eigenvalue weighted by atomic mass is 16.3. The first-order valence-corrected chi connectivity index (χ1v) is 7.60. The topological polar surface area (TPSA) is 83.7 Å². The predicted molar refractivity (Wildman–Crippen MR) is 91.9 cm³/mol. The summed E-state index contributed by atoms with van der Waals surface area (Å²) in [6, 6.07) is 10.8. The number of amides is 2. The van der Waals surface area contributed by atoms with Gasteiger partial charge in [0.05, 0.1) is 19.0 Å². The molecule has 0 radical (unpaired) electrons. The van der Waals surface area contributed by atoms with Crippen molar-refractivity contribution in [3.63, 3.8) is 0 Å². The van der Waals surface area contributed by atoms with Crippen molar-refractivity contribution in [2.45, 2.75) is 26.2 Å². The smallest absolute Gasteiger partial charge is 0.259 e. The maximum atomic E-state index is 12.0. The average molecular weight is 327 g/mol. The molecule has 2 aromatic rings. The van der Waals surface area contributed by atoms with Crippen LogP contribution in [0.3, 0.4) is 0 Å². The molecule has 2 rings (SSSR count). The van der Waals surface area contributed by atoms with Crippen molar-refractivity contribution in [2.75, 3.05) is 6.54 Å². The van der Waals surface area contributed by atoms with Crippen molar-refractivity contribution < 1.29 is 14.0 Å². The third kappa shape index (κ3) is 5.08. The van der Waals surface area contributed by atoms with E-state index in [1.54, 1.807) is 24.3 Å². The summed E-state index contributed by atoms with van der Waals surface area (Å²) >= 11 is 0. The Balaban J connectivity index is 1.81. The molecule has 6 heteroatoms. The molecule has 1 aromatic heterocycles. The minimum Gasteiger partial charge on any atom is -0.463 e. The molecule has 0 bridgehead atoms. The van der Waals surface area contributed by atoms with E-state index in [1.807, 2.05) is 12.1 Å². The number of carbonyl (C=O) groups excluding carboxylic acids is 2. The van der Waals surface area contributed by atoms with Crippen molar-refractivity contribution in [1.82, 2.24) is 10.7 Å². The summed E-state index contributed by atoms with van der Waals surface area (Å²) in [6.07, 6.45) is 2.89. The van der Waals surface area contributed by atoms with Gasteiger partial charge in [-0.2, -0.15) is 5.10 Å². The van der Waals surface area contributed by atoms with Crippen LogP contribution in [0, 0.1) is 0 Å². The van der Waals surface area contributed by atoms with Crippen LogP contribution in [0.25, 0.3) is 0 Å². The van der Waals surface area contributed by atoms with Crippen LogP contribution < -0.4 is 10.7 Å². The van der Waals surface area contributed by atoms with E-state index in [-0.39, 0.29) is 17.9 Å². The lowest BCUT2D eigenvalue weighted by Crippen LogP contribution is -2.34. The van der Waals surface area contributed by atoms with Crippen molar-refractivity contribution in [1.29, 1.82) is 0 Å². The van der Waals surface area contributed by atoms with Crippen molar-refractivity contribution in [2.24, 2.45) is 5.10 Å². The molecule has 1 heterocycles. The van der Waals surface area contributed by atoms with Crippen molar-refractivity contribution >= 4 is 18.0 Å². The molecule has 0 atom stereocenters. The Hall–Kier alpha value is -2.89. The number of benzene rings is 1. The fourth-order valence-electron chi connectivity index (χ4n) is 1.96. The van der Waals surface area contributed by atoms with Gasteiger partial charge in [-0.25, -0.2) is 5.43 Å². The molecule has 0 aliphatic heterocycles. The second-order valence-electron chi connectivity index (χ2n) is 6.32. The predicted octanol–water partition coefficient (Wildman–Crippen LogP) is 2.46. The van der Waals surface area contributed by atoms with Crippen LogP contribution >= 0.6 is 0 Å². The maximum absolute atomic E-state index is 12.0. The van der Waals surface area contributed by atoms with Crippen LogP contribution in [-0.2, 0) is 10.2 Å². The number of hydrogen-bond acceptors (Lipinski definition) is 4. The Labute approximate surface area is 140 Å². The zero-order valence-electron chi connectivity index (χ0n) is 14.0. The average Bonchev–Trinajstić information content (AvgIpc) is 3.05. The third-order valence-corrected chi connectivity index (χ3v) is 3.35. The number of hydrogen-bond donors (Lipinski definition) is 2. The molecular formula is C18H21N3O3. The van der Waals surface area contributed by atoms with Gasteiger partial charge in [-0.05, 0) is 35.2 Å².